The number of carbonyl (C=O) groups excluding carboxylic acids is 2. The fraction of sp³-hybridized carbons (Fsp3) is 0.200. The van der Waals surface area contributed by atoms with Gasteiger partial charge in [0.15, 0.2) is 0 Å². The van der Waals surface area contributed by atoms with E-state index >= 15 is 0 Å². The Balaban J connectivity index is -0.000000109. The molecule has 0 saturated carbocycles. The molecule has 0 aliphatic heterocycles. The van der Waals surface area contributed by atoms with Crippen molar-refractivity contribution >= 4 is 12.8 Å². The maximum absolute atomic E-state index is 9.49. The molecule has 46 valence electrons. The van der Waals surface area contributed by atoms with E-state index in [0.29, 0.717) is 0 Å². The summed E-state index contributed by atoms with van der Waals surface area (Å²) in [5.41, 5.74) is 0.0648. The van der Waals surface area contributed by atoms with E-state index in [1.807, 2.05) is 6.79 Å². The number of carboxylic acids is 1. The maximum Gasteiger partial charge on any atom is 1.00 e. The first-order valence-electron chi connectivity index (χ1n) is 1.80. The van der Waals surface area contributed by atoms with Crippen molar-refractivity contribution in [1.29, 1.82) is 0 Å². The third-order valence-electron chi connectivity index (χ3n) is 0.348. The molecular formula is C5H7NaO3. The molecule has 0 rings (SSSR count). The third kappa shape index (κ3) is 18.1. The van der Waals surface area contributed by atoms with Crippen molar-refractivity contribution in [3.05, 3.63) is 12.2 Å². The molecule has 0 saturated heterocycles. The number of carbonyl (C=O) groups is 2. The van der Waals surface area contributed by atoms with Crippen LogP contribution in [0, 0.1) is 0 Å². The molecule has 0 unspecified atom stereocenters. The van der Waals surface area contributed by atoms with Gasteiger partial charge in [-0.05, 0) is 12.5 Å². The maximum atomic E-state index is 9.49. The second-order valence-corrected chi connectivity index (χ2v) is 1.07. The Morgan fingerprint density at radius 1 is 1.44 bits per heavy atom. The summed E-state index contributed by atoms with van der Waals surface area (Å²) in [7, 11) is 0. The topological polar surface area (TPSA) is 57.2 Å². The second kappa shape index (κ2) is 10.8. The first kappa shape index (κ1) is 15.9. The number of rotatable bonds is 1. The summed E-state index contributed by atoms with van der Waals surface area (Å²) < 4.78 is 0. The van der Waals surface area contributed by atoms with Gasteiger partial charge in [0.05, 0.1) is 5.97 Å². The van der Waals surface area contributed by atoms with Crippen LogP contribution in [0.25, 0.3) is 0 Å². The standard InChI is InChI=1S/C4H6O2.CH2O.Na/c1-3(2)4(5)6;1-2;/h1H2,2H3,(H,5,6);1H2;/q;;+1/p-1. The van der Waals surface area contributed by atoms with E-state index in [-0.39, 0.29) is 35.1 Å². The fourth-order valence-corrected chi connectivity index (χ4v) is 0. The van der Waals surface area contributed by atoms with Gasteiger partial charge in [-0.25, -0.2) is 0 Å². The van der Waals surface area contributed by atoms with Gasteiger partial charge in [0.25, 0.3) is 0 Å². The van der Waals surface area contributed by atoms with Crippen molar-refractivity contribution in [2.45, 2.75) is 6.92 Å². The van der Waals surface area contributed by atoms with Crippen LogP contribution in [0.5, 0.6) is 0 Å². The molecule has 0 radical (unpaired) electrons. The molecule has 0 aliphatic carbocycles. The van der Waals surface area contributed by atoms with E-state index in [0.717, 1.165) is 0 Å². The fourth-order valence-electron chi connectivity index (χ4n) is 0. The van der Waals surface area contributed by atoms with Crippen LogP contribution in [0.4, 0.5) is 0 Å². The molecule has 0 aromatic carbocycles. The Kier molecular flexibility index (Phi) is 19.1. The van der Waals surface area contributed by atoms with Crippen molar-refractivity contribution in [3.8, 4) is 0 Å². The zero-order valence-electron chi connectivity index (χ0n) is 5.64. The molecule has 0 heterocycles. The summed E-state index contributed by atoms with van der Waals surface area (Å²) in [5.74, 6) is -1.19. The van der Waals surface area contributed by atoms with Crippen molar-refractivity contribution in [2.24, 2.45) is 0 Å². The van der Waals surface area contributed by atoms with Crippen molar-refractivity contribution in [1.82, 2.24) is 0 Å². The largest absolute Gasteiger partial charge is 1.00 e. The van der Waals surface area contributed by atoms with Crippen molar-refractivity contribution in [2.75, 3.05) is 0 Å². The minimum Gasteiger partial charge on any atom is -0.545 e. The van der Waals surface area contributed by atoms with Crippen LogP contribution >= 0.6 is 0 Å². The third-order valence-corrected chi connectivity index (χ3v) is 0.348. The number of hydrogen-bond donors (Lipinski definition) is 0. The SMILES string of the molecule is C=C(C)C(=O)[O-].C=O.[Na+]. The molecule has 0 bridgehead atoms. The zero-order valence-corrected chi connectivity index (χ0v) is 7.64. The van der Waals surface area contributed by atoms with E-state index < -0.39 is 5.97 Å². The molecule has 0 fully saturated rings. The number of hydrogen-bond acceptors (Lipinski definition) is 3. The molecule has 0 aromatic rings. The van der Waals surface area contributed by atoms with E-state index in [9.17, 15) is 9.90 Å². The van der Waals surface area contributed by atoms with Crippen LogP contribution in [0.3, 0.4) is 0 Å². The molecule has 9 heavy (non-hydrogen) atoms. The van der Waals surface area contributed by atoms with Gasteiger partial charge in [0, 0.05) is 0 Å². The predicted molar refractivity (Wildman–Crippen MR) is 26.9 cm³/mol. The first-order valence-corrected chi connectivity index (χ1v) is 1.80. The summed E-state index contributed by atoms with van der Waals surface area (Å²) in [6, 6.07) is 0. The Bertz CT molecular complexity index is 88.4. The molecular weight excluding hydrogens is 131 g/mol. The van der Waals surface area contributed by atoms with Crippen LogP contribution in [0.1, 0.15) is 6.92 Å². The van der Waals surface area contributed by atoms with E-state index in [4.69, 9.17) is 4.79 Å². The van der Waals surface area contributed by atoms with Gasteiger partial charge in [-0.15, -0.1) is 0 Å². The molecule has 0 N–H and O–H groups in total. The van der Waals surface area contributed by atoms with E-state index in [1.54, 1.807) is 0 Å². The summed E-state index contributed by atoms with van der Waals surface area (Å²) in [6.07, 6.45) is 0. The quantitative estimate of drug-likeness (QED) is 0.275. The molecule has 0 aromatic heterocycles. The molecule has 0 atom stereocenters. The Labute approximate surface area is 76.0 Å². The Morgan fingerprint density at radius 3 is 1.56 bits per heavy atom. The van der Waals surface area contributed by atoms with E-state index in [1.165, 1.54) is 6.92 Å². The first-order chi connectivity index (χ1) is 3.64. The van der Waals surface area contributed by atoms with Gasteiger partial charge in [-0.2, -0.15) is 0 Å². The number of carboxylic acid groups (broad SMARTS) is 1. The van der Waals surface area contributed by atoms with Gasteiger partial charge in [-0.1, -0.05) is 6.58 Å². The predicted octanol–water partition coefficient (Wildman–Crippen LogP) is -3.87. The Hall–Kier alpha value is -0.120. The average Bonchev–Trinajstić information content (AvgIpc) is 1.72. The van der Waals surface area contributed by atoms with Gasteiger partial charge in [0.1, 0.15) is 6.79 Å². The minimum absolute atomic E-state index is 0. The minimum atomic E-state index is -1.19. The zero-order chi connectivity index (χ0) is 7.15. The van der Waals surface area contributed by atoms with Gasteiger partial charge in [0.2, 0.25) is 0 Å². The Morgan fingerprint density at radius 2 is 1.56 bits per heavy atom. The van der Waals surface area contributed by atoms with Gasteiger partial charge >= 0.3 is 29.6 Å². The molecule has 3 nitrogen and oxygen atoms in total. The summed E-state index contributed by atoms with van der Waals surface area (Å²) >= 11 is 0. The summed E-state index contributed by atoms with van der Waals surface area (Å²) in [5, 5.41) is 9.49. The van der Waals surface area contributed by atoms with Gasteiger partial charge in [-0.3, -0.25) is 0 Å². The van der Waals surface area contributed by atoms with Crippen LogP contribution in [0.2, 0.25) is 0 Å². The number of aliphatic carboxylic acids is 1. The second-order valence-electron chi connectivity index (χ2n) is 1.07. The normalized spacial score (nSPS) is 5.44. The van der Waals surface area contributed by atoms with Crippen molar-refractivity contribution in [3.63, 3.8) is 0 Å². The summed E-state index contributed by atoms with van der Waals surface area (Å²) in [4.78, 5) is 17.5. The van der Waals surface area contributed by atoms with Crippen LogP contribution in [0.15, 0.2) is 12.2 Å². The average molecular weight is 138 g/mol. The smallest absolute Gasteiger partial charge is 0.545 e. The molecule has 0 amide bonds. The van der Waals surface area contributed by atoms with E-state index in [2.05, 4.69) is 6.58 Å². The summed E-state index contributed by atoms with van der Waals surface area (Å²) in [6.45, 7) is 6.48. The van der Waals surface area contributed by atoms with Crippen LogP contribution < -0.4 is 34.7 Å². The molecule has 0 spiro atoms. The van der Waals surface area contributed by atoms with Gasteiger partial charge < -0.3 is 14.7 Å². The molecule has 4 heteroatoms. The van der Waals surface area contributed by atoms with Crippen molar-refractivity contribution < 1.29 is 44.3 Å². The van der Waals surface area contributed by atoms with Crippen LogP contribution in [-0.4, -0.2) is 12.8 Å². The monoisotopic (exact) mass is 138 g/mol. The molecule has 0 aliphatic rings. The van der Waals surface area contributed by atoms with Crippen LogP contribution in [-0.2, 0) is 9.59 Å².